The number of hydrogen-bond donors (Lipinski definition) is 2. The summed E-state index contributed by atoms with van der Waals surface area (Å²) >= 11 is 0. The maximum atomic E-state index is 9.81. The lowest BCUT2D eigenvalue weighted by Crippen LogP contribution is -2.37. The molecule has 0 aliphatic carbocycles. The predicted molar refractivity (Wildman–Crippen MR) is 78.4 cm³/mol. The van der Waals surface area contributed by atoms with Crippen LogP contribution in [0.3, 0.4) is 0 Å². The summed E-state index contributed by atoms with van der Waals surface area (Å²) in [4.78, 5) is 4.31. The minimum absolute atomic E-state index is 0.284. The average Bonchev–Trinajstić information content (AvgIpc) is 2.42. The summed E-state index contributed by atoms with van der Waals surface area (Å²) in [5.41, 5.74) is 0. The lowest BCUT2D eigenvalue weighted by molar-refractivity contribution is -0.0244. The molecule has 0 radical (unpaired) electrons. The molecule has 0 aromatic heterocycles. The Labute approximate surface area is 118 Å². The van der Waals surface area contributed by atoms with Crippen molar-refractivity contribution in [3.8, 4) is 0 Å². The standard InChI is InChI=1S/C14H32N2O3/c1-5-15(6-2)9-13(17)11-19-12-14(18)10-16(7-3)8-4/h13-14,17-18H,5-12H2,1-4H3. The Balaban J connectivity index is 3.71. The third kappa shape index (κ3) is 9.35. The van der Waals surface area contributed by atoms with Gasteiger partial charge in [-0.15, -0.1) is 0 Å². The third-order valence-corrected chi connectivity index (χ3v) is 3.35. The van der Waals surface area contributed by atoms with Gasteiger partial charge < -0.3 is 24.7 Å². The van der Waals surface area contributed by atoms with Crippen LogP contribution in [0.5, 0.6) is 0 Å². The molecule has 2 N–H and O–H groups in total. The molecule has 116 valence electrons. The Morgan fingerprint density at radius 1 is 0.737 bits per heavy atom. The van der Waals surface area contributed by atoms with Gasteiger partial charge in [0.1, 0.15) is 0 Å². The van der Waals surface area contributed by atoms with Crippen LogP contribution in [0.2, 0.25) is 0 Å². The summed E-state index contributed by atoms with van der Waals surface area (Å²) in [5, 5.41) is 19.6. The van der Waals surface area contributed by atoms with Gasteiger partial charge in [-0.25, -0.2) is 0 Å². The summed E-state index contributed by atoms with van der Waals surface area (Å²) in [6, 6.07) is 0. The van der Waals surface area contributed by atoms with Crippen molar-refractivity contribution < 1.29 is 14.9 Å². The summed E-state index contributed by atoms with van der Waals surface area (Å²) < 4.78 is 5.38. The van der Waals surface area contributed by atoms with Gasteiger partial charge in [0.15, 0.2) is 0 Å². The van der Waals surface area contributed by atoms with Gasteiger partial charge >= 0.3 is 0 Å². The summed E-state index contributed by atoms with van der Waals surface area (Å²) in [7, 11) is 0. The molecule has 0 bridgehead atoms. The molecule has 0 amide bonds. The number of likely N-dealkylation sites (N-methyl/N-ethyl adjacent to an activating group) is 2. The lowest BCUT2D eigenvalue weighted by atomic mass is 10.3. The molecule has 5 heteroatoms. The first-order chi connectivity index (χ1) is 9.07. The van der Waals surface area contributed by atoms with E-state index < -0.39 is 12.2 Å². The van der Waals surface area contributed by atoms with E-state index in [0.29, 0.717) is 13.1 Å². The van der Waals surface area contributed by atoms with Crippen LogP contribution in [0.1, 0.15) is 27.7 Å². The van der Waals surface area contributed by atoms with Gasteiger partial charge in [-0.2, -0.15) is 0 Å². The van der Waals surface area contributed by atoms with Gasteiger partial charge in [0.05, 0.1) is 25.4 Å². The van der Waals surface area contributed by atoms with E-state index in [2.05, 4.69) is 37.5 Å². The van der Waals surface area contributed by atoms with E-state index in [1.54, 1.807) is 0 Å². The van der Waals surface area contributed by atoms with E-state index >= 15 is 0 Å². The van der Waals surface area contributed by atoms with E-state index in [-0.39, 0.29) is 13.2 Å². The fourth-order valence-electron chi connectivity index (χ4n) is 2.01. The molecule has 2 atom stereocenters. The molecule has 0 aliphatic rings. The van der Waals surface area contributed by atoms with Crippen LogP contribution in [-0.2, 0) is 4.74 Å². The fraction of sp³-hybridized carbons (Fsp3) is 1.00. The highest BCUT2D eigenvalue weighted by Crippen LogP contribution is 1.96. The number of ether oxygens (including phenoxy) is 1. The molecular formula is C14H32N2O3. The Bertz CT molecular complexity index is 177. The monoisotopic (exact) mass is 276 g/mol. The van der Waals surface area contributed by atoms with Crippen molar-refractivity contribution in [2.75, 3.05) is 52.5 Å². The van der Waals surface area contributed by atoms with Crippen LogP contribution in [0.15, 0.2) is 0 Å². The van der Waals surface area contributed by atoms with Gasteiger partial charge in [0.2, 0.25) is 0 Å². The van der Waals surface area contributed by atoms with E-state index in [4.69, 9.17) is 4.74 Å². The SMILES string of the molecule is CCN(CC)CC(O)COCC(O)CN(CC)CC. The third-order valence-electron chi connectivity index (χ3n) is 3.35. The zero-order chi connectivity index (χ0) is 14.7. The molecule has 0 saturated heterocycles. The molecular weight excluding hydrogens is 244 g/mol. The van der Waals surface area contributed by atoms with Gasteiger partial charge in [0, 0.05) is 13.1 Å². The van der Waals surface area contributed by atoms with E-state index in [9.17, 15) is 10.2 Å². The Morgan fingerprint density at radius 3 is 1.32 bits per heavy atom. The van der Waals surface area contributed by atoms with Crippen LogP contribution in [-0.4, -0.2) is 84.7 Å². The van der Waals surface area contributed by atoms with Crippen molar-refractivity contribution >= 4 is 0 Å². The zero-order valence-electron chi connectivity index (χ0n) is 13.0. The maximum absolute atomic E-state index is 9.81. The largest absolute Gasteiger partial charge is 0.389 e. The quantitative estimate of drug-likeness (QED) is 0.541. The van der Waals surface area contributed by atoms with Crippen LogP contribution < -0.4 is 0 Å². The molecule has 2 unspecified atom stereocenters. The van der Waals surface area contributed by atoms with Gasteiger partial charge in [-0.3, -0.25) is 0 Å². The smallest absolute Gasteiger partial charge is 0.0900 e. The second-order valence-electron chi connectivity index (χ2n) is 4.82. The first kappa shape index (κ1) is 18.8. The molecule has 0 aliphatic heterocycles. The fourth-order valence-corrected chi connectivity index (χ4v) is 2.01. The van der Waals surface area contributed by atoms with Crippen LogP contribution in [0.25, 0.3) is 0 Å². The first-order valence-electron chi connectivity index (χ1n) is 7.45. The van der Waals surface area contributed by atoms with Crippen molar-refractivity contribution in [1.82, 2.24) is 9.80 Å². The number of aliphatic hydroxyl groups is 2. The normalized spacial score (nSPS) is 15.2. The molecule has 19 heavy (non-hydrogen) atoms. The molecule has 0 saturated carbocycles. The van der Waals surface area contributed by atoms with Crippen molar-refractivity contribution in [2.45, 2.75) is 39.9 Å². The second-order valence-corrected chi connectivity index (χ2v) is 4.82. The van der Waals surface area contributed by atoms with Crippen LogP contribution in [0, 0.1) is 0 Å². The molecule has 5 nitrogen and oxygen atoms in total. The Kier molecular flexibility index (Phi) is 11.5. The zero-order valence-corrected chi connectivity index (χ0v) is 13.0. The van der Waals surface area contributed by atoms with Crippen LogP contribution in [0.4, 0.5) is 0 Å². The molecule has 0 rings (SSSR count). The Morgan fingerprint density at radius 2 is 1.05 bits per heavy atom. The first-order valence-corrected chi connectivity index (χ1v) is 7.45. The minimum atomic E-state index is -0.486. The number of rotatable bonds is 12. The molecule has 0 fully saturated rings. The maximum Gasteiger partial charge on any atom is 0.0900 e. The number of hydrogen-bond acceptors (Lipinski definition) is 5. The number of nitrogens with zero attached hydrogens (tertiary/aromatic N) is 2. The number of aliphatic hydroxyl groups excluding tert-OH is 2. The highest BCUT2D eigenvalue weighted by Gasteiger charge is 2.12. The van der Waals surface area contributed by atoms with Gasteiger partial charge in [-0.1, -0.05) is 27.7 Å². The average molecular weight is 276 g/mol. The minimum Gasteiger partial charge on any atom is -0.389 e. The highest BCUT2D eigenvalue weighted by atomic mass is 16.5. The summed E-state index contributed by atoms with van der Waals surface area (Å²) in [5.74, 6) is 0. The second kappa shape index (κ2) is 11.6. The van der Waals surface area contributed by atoms with Crippen molar-refractivity contribution in [3.63, 3.8) is 0 Å². The Hall–Kier alpha value is -0.200. The molecule has 0 spiro atoms. The molecule has 0 aromatic carbocycles. The van der Waals surface area contributed by atoms with Crippen LogP contribution >= 0.6 is 0 Å². The molecule has 0 heterocycles. The predicted octanol–water partition coefficient (Wildman–Crippen LogP) is 0.408. The van der Waals surface area contributed by atoms with Gasteiger partial charge in [0.25, 0.3) is 0 Å². The lowest BCUT2D eigenvalue weighted by Gasteiger charge is -2.24. The van der Waals surface area contributed by atoms with Crippen molar-refractivity contribution in [2.24, 2.45) is 0 Å². The summed E-state index contributed by atoms with van der Waals surface area (Å²) in [6.45, 7) is 13.8. The van der Waals surface area contributed by atoms with E-state index in [0.717, 1.165) is 26.2 Å². The van der Waals surface area contributed by atoms with Crippen molar-refractivity contribution in [1.29, 1.82) is 0 Å². The van der Waals surface area contributed by atoms with E-state index in [1.165, 1.54) is 0 Å². The van der Waals surface area contributed by atoms with Gasteiger partial charge in [-0.05, 0) is 26.2 Å². The molecule has 0 aromatic rings. The topological polar surface area (TPSA) is 56.2 Å². The summed E-state index contributed by atoms with van der Waals surface area (Å²) in [6.07, 6.45) is -0.971. The van der Waals surface area contributed by atoms with E-state index in [1.807, 2.05) is 0 Å². The van der Waals surface area contributed by atoms with Crippen molar-refractivity contribution in [3.05, 3.63) is 0 Å². The highest BCUT2D eigenvalue weighted by molar-refractivity contribution is 4.64.